The molecule has 0 aliphatic heterocycles. The van der Waals surface area contributed by atoms with Gasteiger partial charge in [0.05, 0.1) is 7.11 Å². The Morgan fingerprint density at radius 2 is 2.06 bits per heavy atom. The fourth-order valence-corrected chi connectivity index (χ4v) is 2.02. The molecule has 0 amide bonds. The normalized spacial score (nSPS) is 10.5. The highest BCUT2D eigenvalue weighted by atomic mass is 16.5. The molecule has 0 atom stereocenters. The topological polar surface area (TPSA) is 53.1 Å². The van der Waals surface area contributed by atoms with Gasteiger partial charge in [-0.15, -0.1) is 0 Å². The summed E-state index contributed by atoms with van der Waals surface area (Å²) in [6.07, 6.45) is 0. The molecule has 0 spiro atoms. The summed E-state index contributed by atoms with van der Waals surface area (Å²) in [6.45, 7) is 4.83. The molecule has 0 radical (unpaired) electrons. The predicted octanol–water partition coefficient (Wildman–Crippen LogP) is 2.47. The minimum Gasteiger partial charge on any atom is -0.496 e. The molecule has 2 aromatic rings. The maximum absolute atomic E-state index is 6.12. The first-order chi connectivity index (χ1) is 8.19. The standard InChI is InChI=1S/C13H17N3O/c1-4-16-9(2)15-12(13(16)14)10-7-5-6-8-11(10)17-3/h5-8H,4,14H2,1-3H3. The maximum atomic E-state index is 6.12. The van der Waals surface area contributed by atoms with Crippen molar-refractivity contribution in [1.29, 1.82) is 0 Å². The van der Waals surface area contributed by atoms with Gasteiger partial charge in [0.25, 0.3) is 0 Å². The highest BCUT2D eigenvalue weighted by Gasteiger charge is 2.15. The molecule has 1 aromatic heterocycles. The van der Waals surface area contributed by atoms with Crippen molar-refractivity contribution in [3.05, 3.63) is 30.1 Å². The van der Waals surface area contributed by atoms with E-state index in [0.717, 1.165) is 29.4 Å². The lowest BCUT2D eigenvalue weighted by Gasteiger charge is -2.07. The van der Waals surface area contributed by atoms with Crippen LogP contribution in [-0.4, -0.2) is 16.7 Å². The first-order valence-corrected chi connectivity index (χ1v) is 5.65. The number of hydrogen-bond acceptors (Lipinski definition) is 3. The lowest BCUT2D eigenvalue weighted by atomic mass is 10.1. The second-order valence-electron chi connectivity index (χ2n) is 3.84. The molecular formula is C13H17N3O. The summed E-state index contributed by atoms with van der Waals surface area (Å²) in [5.41, 5.74) is 7.84. The van der Waals surface area contributed by atoms with Gasteiger partial charge in [-0.05, 0) is 26.0 Å². The van der Waals surface area contributed by atoms with Gasteiger partial charge in [0.2, 0.25) is 0 Å². The Kier molecular flexibility index (Phi) is 3.04. The molecule has 1 aromatic carbocycles. The van der Waals surface area contributed by atoms with Crippen LogP contribution in [0.5, 0.6) is 5.75 Å². The van der Waals surface area contributed by atoms with Crippen molar-refractivity contribution in [3.63, 3.8) is 0 Å². The predicted molar refractivity (Wildman–Crippen MR) is 69.0 cm³/mol. The molecule has 4 nitrogen and oxygen atoms in total. The van der Waals surface area contributed by atoms with Crippen molar-refractivity contribution in [1.82, 2.24) is 9.55 Å². The van der Waals surface area contributed by atoms with Crippen molar-refractivity contribution in [2.75, 3.05) is 12.8 Å². The van der Waals surface area contributed by atoms with Gasteiger partial charge in [0.15, 0.2) is 0 Å². The Balaban J connectivity index is 2.61. The number of methoxy groups -OCH3 is 1. The van der Waals surface area contributed by atoms with Crippen LogP contribution in [0.4, 0.5) is 5.82 Å². The van der Waals surface area contributed by atoms with Gasteiger partial charge in [0, 0.05) is 12.1 Å². The highest BCUT2D eigenvalue weighted by molar-refractivity contribution is 5.76. The van der Waals surface area contributed by atoms with Crippen LogP contribution in [0.2, 0.25) is 0 Å². The third-order valence-corrected chi connectivity index (χ3v) is 2.88. The van der Waals surface area contributed by atoms with E-state index in [2.05, 4.69) is 11.9 Å². The van der Waals surface area contributed by atoms with Gasteiger partial charge in [-0.1, -0.05) is 12.1 Å². The van der Waals surface area contributed by atoms with Crippen LogP contribution in [0.1, 0.15) is 12.7 Å². The van der Waals surface area contributed by atoms with Gasteiger partial charge >= 0.3 is 0 Å². The van der Waals surface area contributed by atoms with E-state index in [-0.39, 0.29) is 0 Å². The van der Waals surface area contributed by atoms with Gasteiger partial charge in [-0.25, -0.2) is 4.98 Å². The summed E-state index contributed by atoms with van der Waals surface area (Å²) in [7, 11) is 1.65. The molecule has 4 heteroatoms. The third-order valence-electron chi connectivity index (χ3n) is 2.88. The molecule has 0 bridgehead atoms. The number of rotatable bonds is 3. The van der Waals surface area contributed by atoms with Gasteiger partial charge in [-0.3, -0.25) is 0 Å². The van der Waals surface area contributed by atoms with E-state index in [9.17, 15) is 0 Å². The second kappa shape index (κ2) is 4.49. The number of aryl methyl sites for hydroxylation is 1. The number of imidazole rings is 1. The van der Waals surface area contributed by atoms with Crippen LogP contribution < -0.4 is 10.5 Å². The minimum absolute atomic E-state index is 0.689. The number of hydrogen-bond donors (Lipinski definition) is 1. The molecule has 0 aliphatic carbocycles. The van der Waals surface area contributed by atoms with Crippen molar-refractivity contribution in [2.45, 2.75) is 20.4 Å². The molecule has 1 heterocycles. The number of benzene rings is 1. The van der Waals surface area contributed by atoms with E-state index >= 15 is 0 Å². The third kappa shape index (κ3) is 1.86. The smallest absolute Gasteiger partial charge is 0.131 e. The molecule has 0 saturated carbocycles. The first-order valence-electron chi connectivity index (χ1n) is 5.65. The molecule has 90 valence electrons. The molecular weight excluding hydrogens is 214 g/mol. The number of nitrogen functional groups attached to an aromatic ring is 1. The zero-order chi connectivity index (χ0) is 12.4. The van der Waals surface area contributed by atoms with Crippen molar-refractivity contribution in [2.24, 2.45) is 0 Å². The van der Waals surface area contributed by atoms with Crippen LogP contribution >= 0.6 is 0 Å². The highest BCUT2D eigenvalue weighted by Crippen LogP contribution is 2.33. The lowest BCUT2D eigenvalue weighted by molar-refractivity contribution is 0.416. The Hall–Kier alpha value is -1.97. The Morgan fingerprint density at radius 1 is 1.35 bits per heavy atom. The summed E-state index contributed by atoms with van der Waals surface area (Å²) in [5, 5.41) is 0. The van der Waals surface area contributed by atoms with E-state index in [4.69, 9.17) is 10.5 Å². The number of aromatic nitrogens is 2. The molecule has 2 rings (SSSR count). The van der Waals surface area contributed by atoms with Gasteiger partial charge in [-0.2, -0.15) is 0 Å². The Labute approximate surface area is 101 Å². The molecule has 2 N–H and O–H groups in total. The van der Waals surface area contributed by atoms with Crippen molar-refractivity contribution in [3.8, 4) is 17.0 Å². The van der Waals surface area contributed by atoms with Crippen LogP contribution in [0.15, 0.2) is 24.3 Å². The Morgan fingerprint density at radius 3 is 2.65 bits per heavy atom. The number of nitrogens with two attached hydrogens (primary N) is 1. The molecule has 0 aliphatic rings. The zero-order valence-corrected chi connectivity index (χ0v) is 10.4. The van der Waals surface area contributed by atoms with Crippen LogP contribution in [0, 0.1) is 6.92 Å². The quantitative estimate of drug-likeness (QED) is 0.882. The van der Waals surface area contributed by atoms with E-state index in [0.29, 0.717) is 5.82 Å². The second-order valence-corrected chi connectivity index (χ2v) is 3.84. The van der Waals surface area contributed by atoms with E-state index < -0.39 is 0 Å². The average Bonchev–Trinajstić information content (AvgIpc) is 2.64. The number of para-hydroxylation sites is 1. The maximum Gasteiger partial charge on any atom is 0.131 e. The fraction of sp³-hybridized carbons (Fsp3) is 0.308. The summed E-state index contributed by atoms with van der Waals surface area (Å²) in [4.78, 5) is 4.52. The number of nitrogens with zero attached hydrogens (tertiary/aromatic N) is 2. The van der Waals surface area contributed by atoms with Gasteiger partial charge in [0.1, 0.15) is 23.1 Å². The first kappa shape index (κ1) is 11.5. The largest absolute Gasteiger partial charge is 0.496 e. The summed E-state index contributed by atoms with van der Waals surface area (Å²) >= 11 is 0. The van der Waals surface area contributed by atoms with Crippen LogP contribution in [-0.2, 0) is 6.54 Å². The molecule has 0 saturated heterocycles. The molecule has 0 fully saturated rings. The van der Waals surface area contributed by atoms with Crippen LogP contribution in [0.25, 0.3) is 11.3 Å². The molecule has 17 heavy (non-hydrogen) atoms. The number of ether oxygens (including phenoxy) is 1. The SMILES string of the molecule is CCn1c(C)nc(-c2ccccc2OC)c1N. The lowest BCUT2D eigenvalue weighted by Crippen LogP contribution is -2.02. The van der Waals surface area contributed by atoms with Crippen molar-refractivity contribution >= 4 is 5.82 Å². The summed E-state index contributed by atoms with van der Waals surface area (Å²) in [5.74, 6) is 2.40. The van der Waals surface area contributed by atoms with Crippen LogP contribution in [0.3, 0.4) is 0 Å². The fourth-order valence-electron chi connectivity index (χ4n) is 2.02. The monoisotopic (exact) mass is 231 g/mol. The van der Waals surface area contributed by atoms with E-state index in [1.165, 1.54) is 0 Å². The number of anilines is 1. The average molecular weight is 231 g/mol. The Bertz CT molecular complexity index is 531. The zero-order valence-electron chi connectivity index (χ0n) is 10.4. The minimum atomic E-state index is 0.689. The molecule has 0 unspecified atom stereocenters. The van der Waals surface area contributed by atoms with Gasteiger partial charge < -0.3 is 15.0 Å². The van der Waals surface area contributed by atoms with E-state index in [1.54, 1.807) is 7.11 Å². The summed E-state index contributed by atoms with van der Waals surface area (Å²) < 4.78 is 7.32. The van der Waals surface area contributed by atoms with E-state index in [1.807, 2.05) is 35.8 Å². The van der Waals surface area contributed by atoms with Crippen molar-refractivity contribution < 1.29 is 4.74 Å². The summed E-state index contributed by atoms with van der Waals surface area (Å²) in [6, 6.07) is 7.77.